The molecule has 0 saturated carbocycles. The number of aromatic nitrogens is 1. The first-order valence-corrected chi connectivity index (χ1v) is 13.2. The van der Waals surface area contributed by atoms with Crippen LogP contribution in [0.1, 0.15) is 53.0 Å². The Balaban J connectivity index is 1.39. The summed E-state index contributed by atoms with van der Waals surface area (Å²) >= 11 is 6.56. The number of carbonyl (C=O) groups is 3. The molecule has 1 aromatic heterocycles. The number of nitrogens with zero attached hydrogens (tertiary/aromatic N) is 4. The molecule has 2 atom stereocenters. The normalized spacial score (nSPS) is 20.3. The van der Waals surface area contributed by atoms with Crippen molar-refractivity contribution in [3.05, 3.63) is 70.1 Å². The molecule has 1 unspecified atom stereocenters. The van der Waals surface area contributed by atoms with Gasteiger partial charge in [-0.05, 0) is 56.5 Å². The molecule has 0 bridgehead atoms. The molecule has 0 radical (unpaired) electrons. The third kappa shape index (κ3) is 4.88. The van der Waals surface area contributed by atoms with Crippen LogP contribution in [0.25, 0.3) is 10.9 Å². The van der Waals surface area contributed by atoms with E-state index in [4.69, 9.17) is 17.4 Å². The monoisotopic (exact) mass is 539 g/mol. The fraction of sp³-hybridized carbons (Fsp3) is 0.393. The molecule has 38 heavy (non-hydrogen) atoms. The zero-order valence-electron chi connectivity index (χ0n) is 21.5. The van der Waals surface area contributed by atoms with Gasteiger partial charge in [0.1, 0.15) is 5.82 Å². The lowest BCUT2D eigenvalue weighted by Gasteiger charge is -2.44. The largest absolute Gasteiger partial charge is 0.339 e. The molecule has 5 rings (SSSR count). The number of benzene rings is 2. The molecule has 3 heterocycles. The first-order valence-electron chi connectivity index (χ1n) is 12.9. The van der Waals surface area contributed by atoms with Gasteiger partial charge in [-0.2, -0.15) is 0 Å². The van der Waals surface area contributed by atoms with E-state index in [1.807, 2.05) is 6.92 Å². The standard InChI is InChI=1S/C28H31ClFN5O3/c1-17-14-34(18(2)13-33(17)15-19-5-7-20(30)8-6-19)27(37)22-11-21-23(16-35(31)25(21)12-24(22)29)26(36)28(38)32-9-3-4-10-32/h5-8,11-12,16-18H,3-4,9-10,13-15,31H2,1-2H3/t17-,18?/m0/s1. The molecule has 2 aliphatic heterocycles. The number of nitrogens with two attached hydrogens (primary N) is 1. The number of Topliss-reactive ketones (excluding diaryl/α,β-unsaturated/α-hetero) is 1. The third-order valence-corrected chi connectivity index (χ3v) is 7.97. The Morgan fingerprint density at radius 1 is 1.00 bits per heavy atom. The number of hydrogen-bond donors (Lipinski definition) is 1. The Labute approximate surface area is 225 Å². The molecule has 0 aliphatic carbocycles. The van der Waals surface area contributed by atoms with Crippen molar-refractivity contribution in [3.63, 3.8) is 0 Å². The molecule has 2 aliphatic rings. The van der Waals surface area contributed by atoms with Crippen LogP contribution in [-0.2, 0) is 11.3 Å². The highest BCUT2D eigenvalue weighted by Crippen LogP contribution is 2.30. The number of amides is 2. The highest BCUT2D eigenvalue weighted by atomic mass is 35.5. The number of rotatable bonds is 5. The van der Waals surface area contributed by atoms with Crippen LogP contribution in [0.5, 0.6) is 0 Å². The number of hydrogen-bond acceptors (Lipinski definition) is 5. The van der Waals surface area contributed by atoms with Crippen molar-refractivity contribution in [3.8, 4) is 0 Å². The van der Waals surface area contributed by atoms with E-state index in [2.05, 4.69) is 11.8 Å². The number of piperazine rings is 1. The van der Waals surface area contributed by atoms with E-state index in [9.17, 15) is 18.8 Å². The second kappa shape index (κ2) is 10.4. The van der Waals surface area contributed by atoms with Gasteiger partial charge in [0, 0.05) is 56.4 Å². The summed E-state index contributed by atoms with van der Waals surface area (Å²) in [5.74, 6) is 4.38. The fourth-order valence-electron chi connectivity index (χ4n) is 5.47. The molecule has 8 nitrogen and oxygen atoms in total. The van der Waals surface area contributed by atoms with Crippen molar-refractivity contribution in [1.82, 2.24) is 19.4 Å². The van der Waals surface area contributed by atoms with Gasteiger partial charge in [-0.15, -0.1) is 0 Å². The molecule has 2 fully saturated rings. The van der Waals surface area contributed by atoms with Crippen molar-refractivity contribution < 1.29 is 18.8 Å². The fourth-order valence-corrected chi connectivity index (χ4v) is 5.71. The van der Waals surface area contributed by atoms with E-state index in [1.165, 1.54) is 23.0 Å². The zero-order chi connectivity index (χ0) is 27.1. The molecule has 2 N–H and O–H groups in total. The maximum Gasteiger partial charge on any atom is 0.295 e. The lowest BCUT2D eigenvalue weighted by molar-refractivity contribution is -0.125. The highest BCUT2D eigenvalue weighted by molar-refractivity contribution is 6.45. The maximum atomic E-state index is 13.7. The van der Waals surface area contributed by atoms with Gasteiger partial charge in [-0.1, -0.05) is 23.7 Å². The minimum absolute atomic E-state index is 0.0584. The minimum Gasteiger partial charge on any atom is -0.339 e. The molecule has 3 aromatic rings. The van der Waals surface area contributed by atoms with E-state index in [0.29, 0.717) is 43.6 Å². The first kappa shape index (κ1) is 26.2. The van der Waals surface area contributed by atoms with Gasteiger partial charge < -0.3 is 15.6 Å². The Hall–Kier alpha value is -3.43. The second-order valence-corrected chi connectivity index (χ2v) is 10.7. The van der Waals surface area contributed by atoms with E-state index < -0.39 is 11.7 Å². The predicted molar refractivity (Wildman–Crippen MR) is 144 cm³/mol. The lowest BCUT2D eigenvalue weighted by atomic mass is 10.0. The summed E-state index contributed by atoms with van der Waals surface area (Å²) in [6, 6.07) is 9.55. The average Bonchev–Trinajstić information content (AvgIpc) is 3.54. The Morgan fingerprint density at radius 2 is 1.68 bits per heavy atom. The first-order chi connectivity index (χ1) is 18.1. The summed E-state index contributed by atoms with van der Waals surface area (Å²) in [7, 11) is 0. The number of halogens is 2. The minimum atomic E-state index is -0.641. The third-order valence-electron chi connectivity index (χ3n) is 7.66. The van der Waals surface area contributed by atoms with Crippen LogP contribution >= 0.6 is 11.6 Å². The van der Waals surface area contributed by atoms with Crippen LogP contribution < -0.4 is 5.84 Å². The quantitative estimate of drug-likeness (QED) is 0.303. The number of fused-ring (bicyclic) bond motifs is 1. The molecule has 2 saturated heterocycles. The van der Waals surface area contributed by atoms with Gasteiger partial charge in [-0.25, -0.2) is 4.39 Å². The maximum absolute atomic E-state index is 13.7. The van der Waals surface area contributed by atoms with Crippen LogP contribution in [-0.4, -0.2) is 75.2 Å². The number of ketones is 1. The van der Waals surface area contributed by atoms with Crippen molar-refractivity contribution >= 4 is 40.1 Å². The number of nitrogen functional groups attached to an aromatic ring is 1. The van der Waals surface area contributed by atoms with Gasteiger partial charge >= 0.3 is 0 Å². The van der Waals surface area contributed by atoms with Gasteiger partial charge in [0.05, 0.1) is 21.7 Å². The van der Waals surface area contributed by atoms with Gasteiger partial charge in [0.15, 0.2) is 0 Å². The molecule has 2 amide bonds. The Morgan fingerprint density at radius 3 is 2.37 bits per heavy atom. The summed E-state index contributed by atoms with van der Waals surface area (Å²) < 4.78 is 14.6. The van der Waals surface area contributed by atoms with E-state index in [1.54, 1.807) is 34.1 Å². The smallest absolute Gasteiger partial charge is 0.295 e. The summed E-state index contributed by atoms with van der Waals surface area (Å²) in [6.45, 7) is 6.92. The van der Waals surface area contributed by atoms with E-state index in [-0.39, 0.29) is 40.0 Å². The van der Waals surface area contributed by atoms with Crippen LogP contribution in [0.15, 0.2) is 42.6 Å². The highest BCUT2D eigenvalue weighted by Gasteiger charge is 2.34. The van der Waals surface area contributed by atoms with Crippen LogP contribution in [0.4, 0.5) is 4.39 Å². The molecule has 200 valence electrons. The summed E-state index contributed by atoms with van der Waals surface area (Å²) in [5.41, 5.74) is 1.90. The second-order valence-electron chi connectivity index (χ2n) is 10.3. The predicted octanol–water partition coefficient (Wildman–Crippen LogP) is 3.69. The van der Waals surface area contributed by atoms with Crippen molar-refractivity contribution in [2.45, 2.75) is 45.3 Å². The number of carbonyl (C=O) groups excluding carboxylic acids is 3. The molecular weight excluding hydrogens is 509 g/mol. The Bertz CT molecular complexity index is 1400. The van der Waals surface area contributed by atoms with E-state index >= 15 is 0 Å². The summed E-state index contributed by atoms with van der Waals surface area (Å²) in [6.07, 6.45) is 3.17. The molecule has 0 spiro atoms. The topological polar surface area (TPSA) is 91.9 Å². The van der Waals surface area contributed by atoms with Gasteiger partial charge in [-0.3, -0.25) is 24.0 Å². The molecule has 2 aromatic carbocycles. The van der Waals surface area contributed by atoms with Crippen molar-refractivity contribution in [2.75, 3.05) is 32.0 Å². The lowest BCUT2D eigenvalue weighted by Crippen LogP contribution is -2.57. The molecular formula is C28H31ClFN5O3. The van der Waals surface area contributed by atoms with Crippen LogP contribution in [0, 0.1) is 5.82 Å². The van der Waals surface area contributed by atoms with Gasteiger partial charge in [0.2, 0.25) is 0 Å². The Kier molecular flexibility index (Phi) is 7.15. The van der Waals surface area contributed by atoms with Gasteiger partial charge in [0.25, 0.3) is 17.6 Å². The SMILES string of the molecule is CC1CN(Cc2ccc(F)cc2)[C@@H](C)CN1C(=O)c1cc2c(C(=O)C(=O)N3CCCC3)cn(N)c2cc1Cl. The van der Waals surface area contributed by atoms with Crippen molar-refractivity contribution in [2.24, 2.45) is 0 Å². The number of likely N-dealkylation sites (tertiary alicyclic amines) is 1. The van der Waals surface area contributed by atoms with E-state index in [0.717, 1.165) is 18.4 Å². The average molecular weight is 540 g/mol. The van der Waals surface area contributed by atoms with Crippen LogP contribution in [0.3, 0.4) is 0 Å². The van der Waals surface area contributed by atoms with Crippen LogP contribution in [0.2, 0.25) is 5.02 Å². The molecule has 10 heteroatoms. The zero-order valence-corrected chi connectivity index (χ0v) is 22.2. The van der Waals surface area contributed by atoms with Crippen molar-refractivity contribution in [1.29, 1.82) is 0 Å². The summed E-state index contributed by atoms with van der Waals surface area (Å²) in [4.78, 5) is 45.2. The summed E-state index contributed by atoms with van der Waals surface area (Å²) in [5, 5.41) is 0.652.